The van der Waals surface area contributed by atoms with Crippen LogP contribution in [0, 0.1) is 0 Å². The molecule has 2 amide bonds. The molecule has 2 aromatic carbocycles. The average Bonchev–Trinajstić information content (AvgIpc) is 2.63. The zero-order chi connectivity index (χ0) is 19.9. The molecule has 144 valence electrons. The van der Waals surface area contributed by atoms with Crippen LogP contribution in [0.15, 0.2) is 53.4 Å². The van der Waals surface area contributed by atoms with Crippen LogP contribution in [-0.2, 0) is 19.6 Å². The molecule has 0 aliphatic rings. The van der Waals surface area contributed by atoms with Crippen molar-refractivity contribution in [2.75, 3.05) is 30.3 Å². The minimum atomic E-state index is -3.80. The topological polar surface area (TPSA) is 114 Å². The molecule has 0 aromatic heterocycles. The lowest BCUT2D eigenvalue weighted by atomic mass is 10.2. The van der Waals surface area contributed by atoms with Gasteiger partial charge in [-0.3, -0.25) is 14.3 Å². The number of methoxy groups -OCH3 is 1. The number of anilines is 2. The van der Waals surface area contributed by atoms with Crippen molar-refractivity contribution in [2.45, 2.75) is 11.8 Å². The second kappa shape index (κ2) is 9.15. The average molecular weight is 391 g/mol. The van der Waals surface area contributed by atoms with E-state index in [0.29, 0.717) is 30.1 Å². The molecule has 0 bridgehead atoms. The number of carbonyl (C=O) groups excluding carboxylic acids is 2. The van der Waals surface area contributed by atoms with E-state index < -0.39 is 10.0 Å². The maximum Gasteiger partial charge on any atom is 0.261 e. The van der Waals surface area contributed by atoms with Gasteiger partial charge >= 0.3 is 0 Å². The van der Waals surface area contributed by atoms with Gasteiger partial charge in [-0.25, -0.2) is 8.42 Å². The standard InChI is InChI=1S/C18H21N3O5S/c1-13(22)20-15-5-7-16(8-6-15)21-27(24,25)17-9-3-14(4-10-17)18(23)19-11-12-26-2/h3-10,21H,11-12H2,1-2H3,(H,19,23)(H,20,22). The van der Waals surface area contributed by atoms with E-state index in [0.717, 1.165) is 0 Å². The Morgan fingerprint density at radius 2 is 1.56 bits per heavy atom. The minimum Gasteiger partial charge on any atom is -0.383 e. The van der Waals surface area contributed by atoms with Gasteiger partial charge in [0, 0.05) is 37.5 Å². The summed E-state index contributed by atoms with van der Waals surface area (Å²) < 4.78 is 32.2. The molecule has 3 N–H and O–H groups in total. The third-order valence-electron chi connectivity index (χ3n) is 3.48. The van der Waals surface area contributed by atoms with Gasteiger partial charge in [-0.05, 0) is 48.5 Å². The van der Waals surface area contributed by atoms with Crippen molar-refractivity contribution in [3.8, 4) is 0 Å². The number of sulfonamides is 1. The van der Waals surface area contributed by atoms with Crippen LogP contribution in [0.25, 0.3) is 0 Å². The van der Waals surface area contributed by atoms with E-state index in [4.69, 9.17) is 4.74 Å². The van der Waals surface area contributed by atoms with Crippen LogP contribution in [0.4, 0.5) is 11.4 Å². The summed E-state index contributed by atoms with van der Waals surface area (Å²) in [5.74, 6) is -0.521. The monoisotopic (exact) mass is 391 g/mol. The second-order valence-corrected chi connectivity index (χ2v) is 7.32. The fourth-order valence-electron chi connectivity index (χ4n) is 2.19. The van der Waals surface area contributed by atoms with E-state index in [-0.39, 0.29) is 16.7 Å². The Hall–Kier alpha value is -2.91. The molecule has 0 atom stereocenters. The molecule has 0 heterocycles. The van der Waals surface area contributed by atoms with Crippen LogP contribution in [0.2, 0.25) is 0 Å². The molecule has 9 heteroatoms. The lowest BCUT2D eigenvalue weighted by molar-refractivity contribution is -0.114. The smallest absolute Gasteiger partial charge is 0.261 e. The van der Waals surface area contributed by atoms with Gasteiger partial charge < -0.3 is 15.4 Å². The number of hydrogen-bond donors (Lipinski definition) is 3. The molecule has 0 aliphatic heterocycles. The fraction of sp³-hybridized carbons (Fsp3) is 0.222. The predicted molar refractivity (Wildman–Crippen MR) is 102 cm³/mol. The largest absolute Gasteiger partial charge is 0.383 e. The number of hydrogen-bond acceptors (Lipinski definition) is 5. The number of nitrogens with one attached hydrogen (secondary N) is 3. The van der Waals surface area contributed by atoms with Gasteiger partial charge in [0.2, 0.25) is 5.91 Å². The van der Waals surface area contributed by atoms with Crippen LogP contribution in [-0.4, -0.2) is 40.5 Å². The number of rotatable bonds is 8. The Labute approximate surface area is 158 Å². The lowest BCUT2D eigenvalue weighted by Gasteiger charge is -2.10. The zero-order valence-corrected chi connectivity index (χ0v) is 15.8. The van der Waals surface area contributed by atoms with Crippen LogP contribution in [0.5, 0.6) is 0 Å². The molecular formula is C18H21N3O5S. The second-order valence-electron chi connectivity index (χ2n) is 5.64. The Balaban J connectivity index is 2.05. The first-order chi connectivity index (χ1) is 12.8. The summed E-state index contributed by atoms with van der Waals surface area (Å²) in [6.07, 6.45) is 0. The van der Waals surface area contributed by atoms with Crippen molar-refractivity contribution >= 4 is 33.2 Å². The SMILES string of the molecule is COCCNC(=O)c1ccc(S(=O)(=O)Nc2ccc(NC(C)=O)cc2)cc1. The summed E-state index contributed by atoms with van der Waals surface area (Å²) in [5, 5.41) is 5.26. The van der Waals surface area contributed by atoms with Crippen LogP contribution in [0.1, 0.15) is 17.3 Å². The first-order valence-corrected chi connectivity index (χ1v) is 9.58. The summed E-state index contributed by atoms with van der Waals surface area (Å²) in [6, 6.07) is 11.9. The molecule has 0 radical (unpaired) electrons. The number of amides is 2. The van der Waals surface area contributed by atoms with Crippen molar-refractivity contribution < 1.29 is 22.7 Å². The third-order valence-corrected chi connectivity index (χ3v) is 4.87. The number of carbonyl (C=O) groups is 2. The highest BCUT2D eigenvalue weighted by molar-refractivity contribution is 7.92. The molecular weight excluding hydrogens is 370 g/mol. The van der Waals surface area contributed by atoms with Crippen LogP contribution in [0.3, 0.4) is 0 Å². The summed E-state index contributed by atoms with van der Waals surface area (Å²) in [6.45, 7) is 2.15. The first kappa shape index (κ1) is 20.4. The van der Waals surface area contributed by atoms with Gasteiger partial charge in [0.1, 0.15) is 0 Å². The molecule has 27 heavy (non-hydrogen) atoms. The van der Waals surface area contributed by atoms with E-state index in [1.165, 1.54) is 38.3 Å². The van der Waals surface area contributed by atoms with Crippen molar-refractivity contribution in [3.63, 3.8) is 0 Å². The number of ether oxygens (including phenoxy) is 1. The normalized spacial score (nSPS) is 10.9. The molecule has 0 fully saturated rings. The van der Waals surface area contributed by atoms with Crippen molar-refractivity contribution in [1.29, 1.82) is 0 Å². The van der Waals surface area contributed by atoms with Gasteiger partial charge in [0.05, 0.1) is 11.5 Å². The van der Waals surface area contributed by atoms with E-state index in [2.05, 4.69) is 15.4 Å². The Morgan fingerprint density at radius 3 is 2.11 bits per heavy atom. The highest BCUT2D eigenvalue weighted by Crippen LogP contribution is 2.19. The molecule has 2 aromatic rings. The molecule has 0 unspecified atom stereocenters. The number of benzene rings is 2. The summed E-state index contributed by atoms with van der Waals surface area (Å²) >= 11 is 0. The molecule has 0 saturated heterocycles. The van der Waals surface area contributed by atoms with E-state index >= 15 is 0 Å². The maximum atomic E-state index is 12.5. The molecule has 8 nitrogen and oxygen atoms in total. The molecule has 2 rings (SSSR count). The summed E-state index contributed by atoms with van der Waals surface area (Å²) in [4.78, 5) is 23.0. The Kier molecular flexibility index (Phi) is 6.91. The Bertz CT molecular complexity index is 894. The van der Waals surface area contributed by atoms with E-state index in [9.17, 15) is 18.0 Å². The summed E-state index contributed by atoms with van der Waals surface area (Å²) in [5.41, 5.74) is 1.27. The quantitative estimate of drug-likeness (QED) is 0.594. The molecule has 0 saturated carbocycles. The fourth-order valence-corrected chi connectivity index (χ4v) is 3.25. The van der Waals surface area contributed by atoms with Gasteiger partial charge in [0.25, 0.3) is 15.9 Å². The van der Waals surface area contributed by atoms with Crippen LogP contribution < -0.4 is 15.4 Å². The highest BCUT2D eigenvalue weighted by Gasteiger charge is 2.15. The molecule has 0 aliphatic carbocycles. The van der Waals surface area contributed by atoms with Crippen molar-refractivity contribution in [1.82, 2.24) is 5.32 Å². The van der Waals surface area contributed by atoms with Crippen molar-refractivity contribution in [2.24, 2.45) is 0 Å². The van der Waals surface area contributed by atoms with Crippen LogP contribution >= 0.6 is 0 Å². The van der Waals surface area contributed by atoms with Gasteiger partial charge in [-0.1, -0.05) is 0 Å². The minimum absolute atomic E-state index is 0.0295. The van der Waals surface area contributed by atoms with E-state index in [1.54, 1.807) is 24.3 Å². The third kappa shape index (κ3) is 6.08. The van der Waals surface area contributed by atoms with Crippen molar-refractivity contribution in [3.05, 3.63) is 54.1 Å². The van der Waals surface area contributed by atoms with Gasteiger partial charge in [-0.15, -0.1) is 0 Å². The molecule has 0 spiro atoms. The van der Waals surface area contributed by atoms with Gasteiger partial charge in [0.15, 0.2) is 0 Å². The lowest BCUT2D eigenvalue weighted by Crippen LogP contribution is -2.26. The Morgan fingerprint density at radius 1 is 0.963 bits per heavy atom. The maximum absolute atomic E-state index is 12.5. The zero-order valence-electron chi connectivity index (χ0n) is 15.0. The summed E-state index contributed by atoms with van der Waals surface area (Å²) in [7, 11) is -2.27. The van der Waals surface area contributed by atoms with E-state index in [1.807, 2.05) is 0 Å². The predicted octanol–water partition coefficient (Wildman–Crippen LogP) is 1.82. The highest BCUT2D eigenvalue weighted by atomic mass is 32.2. The van der Waals surface area contributed by atoms with Gasteiger partial charge in [-0.2, -0.15) is 0 Å². The first-order valence-electron chi connectivity index (χ1n) is 8.09.